The standard InChI is InChI=1S/C13H17FN4/c1-3-18-13(16-8-17-18)7-12(15)10-5-4-9(2)11(14)6-10/h4-6,8,12H,3,7,15H2,1-2H3. The molecule has 0 saturated carbocycles. The summed E-state index contributed by atoms with van der Waals surface area (Å²) in [4.78, 5) is 4.17. The van der Waals surface area contributed by atoms with Crippen LogP contribution in [0.2, 0.25) is 0 Å². The van der Waals surface area contributed by atoms with Gasteiger partial charge >= 0.3 is 0 Å². The molecule has 0 aliphatic carbocycles. The summed E-state index contributed by atoms with van der Waals surface area (Å²) in [6, 6.07) is 4.83. The van der Waals surface area contributed by atoms with Crippen molar-refractivity contribution in [3.8, 4) is 0 Å². The second-order valence-corrected chi connectivity index (χ2v) is 4.31. The SMILES string of the molecule is CCn1ncnc1CC(N)c1ccc(C)c(F)c1. The maximum atomic E-state index is 13.5. The number of aromatic nitrogens is 3. The van der Waals surface area contributed by atoms with E-state index in [-0.39, 0.29) is 11.9 Å². The lowest BCUT2D eigenvalue weighted by Crippen LogP contribution is -2.17. The van der Waals surface area contributed by atoms with Crippen LogP contribution in [0.3, 0.4) is 0 Å². The Morgan fingerprint density at radius 1 is 1.44 bits per heavy atom. The minimum atomic E-state index is -0.269. The molecule has 5 heteroatoms. The molecule has 1 heterocycles. The molecule has 2 aromatic rings. The number of halogens is 1. The number of rotatable bonds is 4. The third-order valence-electron chi connectivity index (χ3n) is 3.02. The molecule has 0 radical (unpaired) electrons. The molecule has 0 fully saturated rings. The summed E-state index contributed by atoms with van der Waals surface area (Å²) < 4.78 is 15.3. The van der Waals surface area contributed by atoms with E-state index in [0.717, 1.165) is 17.9 Å². The van der Waals surface area contributed by atoms with E-state index in [1.54, 1.807) is 17.7 Å². The normalized spacial score (nSPS) is 12.7. The number of hydrogen-bond donors (Lipinski definition) is 1. The summed E-state index contributed by atoms with van der Waals surface area (Å²) >= 11 is 0. The van der Waals surface area contributed by atoms with E-state index in [2.05, 4.69) is 10.1 Å². The van der Waals surface area contributed by atoms with E-state index in [0.29, 0.717) is 12.0 Å². The molecule has 2 rings (SSSR count). The van der Waals surface area contributed by atoms with Gasteiger partial charge in [-0.3, -0.25) is 4.68 Å². The van der Waals surface area contributed by atoms with Crippen LogP contribution in [-0.4, -0.2) is 14.8 Å². The smallest absolute Gasteiger partial charge is 0.138 e. The third kappa shape index (κ3) is 2.56. The second-order valence-electron chi connectivity index (χ2n) is 4.31. The highest BCUT2D eigenvalue weighted by molar-refractivity contribution is 5.26. The highest BCUT2D eigenvalue weighted by Crippen LogP contribution is 2.17. The Balaban J connectivity index is 2.16. The maximum Gasteiger partial charge on any atom is 0.138 e. The number of benzene rings is 1. The highest BCUT2D eigenvalue weighted by atomic mass is 19.1. The largest absolute Gasteiger partial charge is 0.324 e. The van der Waals surface area contributed by atoms with E-state index < -0.39 is 0 Å². The molecule has 1 atom stereocenters. The van der Waals surface area contributed by atoms with Crippen LogP contribution in [-0.2, 0) is 13.0 Å². The van der Waals surface area contributed by atoms with E-state index in [1.807, 2.05) is 13.0 Å². The Labute approximate surface area is 106 Å². The monoisotopic (exact) mass is 248 g/mol. The number of nitrogens with zero attached hydrogens (tertiary/aromatic N) is 3. The molecular weight excluding hydrogens is 231 g/mol. The predicted molar refractivity (Wildman–Crippen MR) is 67.5 cm³/mol. The first-order valence-electron chi connectivity index (χ1n) is 6.00. The Kier molecular flexibility index (Phi) is 3.72. The summed E-state index contributed by atoms with van der Waals surface area (Å²) in [5.74, 6) is 0.603. The second kappa shape index (κ2) is 5.27. The van der Waals surface area contributed by atoms with Crippen LogP contribution in [0, 0.1) is 12.7 Å². The molecule has 0 saturated heterocycles. The van der Waals surface area contributed by atoms with Crippen LogP contribution in [0.15, 0.2) is 24.5 Å². The Morgan fingerprint density at radius 3 is 2.89 bits per heavy atom. The van der Waals surface area contributed by atoms with Gasteiger partial charge in [-0.2, -0.15) is 5.10 Å². The van der Waals surface area contributed by atoms with E-state index >= 15 is 0 Å². The quantitative estimate of drug-likeness (QED) is 0.900. The molecule has 0 amide bonds. The topological polar surface area (TPSA) is 56.7 Å². The van der Waals surface area contributed by atoms with Gasteiger partial charge in [-0.15, -0.1) is 0 Å². The van der Waals surface area contributed by atoms with E-state index in [1.165, 1.54) is 12.4 Å². The van der Waals surface area contributed by atoms with Crippen molar-refractivity contribution in [1.82, 2.24) is 14.8 Å². The van der Waals surface area contributed by atoms with E-state index in [4.69, 9.17) is 5.73 Å². The first-order valence-corrected chi connectivity index (χ1v) is 6.00. The van der Waals surface area contributed by atoms with Crippen LogP contribution in [0.4, 0.5) is 4.39 Å². The van der Waals surface area contributed by atoms with Gasteiger partial charge in [0, 0.05) is 19.0 Å². The lowest BCUT2D eigenvalue weighted by atomic mass is 10.0. The molecule has 0 aliphatic rings. The van der Waals surface area contributed by atoms with Gasteiger partial charge in [0.2, 0.25) is 0 Å². The minimum Gasteiger partial charge on any atom is -0.324 e. The van der Waals surface area contributed by atoms with E-state index in [9.17, 15) is 4.39 Å². The fourth-order valence-corrected chi connectivity index (χ4v) is 1.86. The Morgan fingerprint density at radius 2 is 2.22 bits per heavy atom. The molecule has 1 aromatic carbocycles. The van der Waals surface area contributed by atoms with Crippen molar-refractivity contribution in [2.45, 2.75) is 32.9 Å². The van der Waals surface area contributed by atoms with Gasteiger partial charge in [0.1, 0.15) is 18.0 Å². The lowest BCUT2D eigenvalue weighted by molar-refractivity contribution is 0.575. The molecule has 1 aromatic heterocycles. The summed E-state index contributed by atoms with van der Waals surface area (Å²) in [6.07, 6.45) is 2.07. The van der Waals surface area contributed by atoms with Crippen molar-refractivity contribution in [3.05, 3.63) is 47.3 Å². The first-order chi connectivity index (χ1) is 8.61. The van der Waals surface area contributed by atoms with Gasteiger partial charge in [0.05, 0.1) is 0 Å². The van der Waals surface area contributed by atoms with Crippen LogP contribution >= 0.6 is 0 Å². The molecule has 18 heavy (non-hydrogen) atoms. The average Bonchev–Trinajstić information content (AvgIpc) is 2.79. The van der Waals surface area contributed by atoms with Gasteiger partial charge in [-0.25, -0.2) is 9.37 Å². The first kappa shape index (κ1) is 12.7. The van der Waals surface area contributed by atoms with Gasteiger partial charge in [-0.1, -0.05) is 12.1 Å². The molecule has 0 bridgehead atoms. The van der Waals surface area contributed by atoms with Crippen LogP contribution in [0.1, 0.15) is 29.9 Å². The van der Waals surface area contributed by atoms with Crippen molar-refractivity contribution < 1.29 is 4.39 Å². The predicted octanol–water partition coefficient (Wildman–Crippen LogP) is 1.99. The third-order valence-corrected chi connectivity index (χ3v) is 3.02. The average molecular weight is 248 g/mol. The number of nitrogens with two attached hydrogens (primary N) is 1. The van der Waals surface area contributed by atoms with Gasteiger partial charge in [0.15, 0.2) is 0 Å². The van der Waals surface area contributed by atoms with Crippen LogP contribution in [0.5, 0.6) is 0 Å². The molecule has 2 N–H and O–H groups in total. The van der Waals surface area contributed by atoms with Gasteiger partial charge in [0.25, 0.3) is 0 Å². The number of hydrogen-bond acceptors (Lipinski definition) is 3. The van der Waals surface area contributed by atoms with Crippen molar-refractivity contribution in [2.24, 2.45) is 5.73 Å². The number of aryl methyl sites for hydroxylation is 2. The molecule has 4 nitrogen and oxygen atoms in total. The molecular formula is C13H17FN4. The van der Waals surface area contributed by atoms with Crippen molar-refractivity contribution >= 4 is 0 Å². The molecule has 1 unspecified atom stereocenters. The van der Waals surface area contributed by atoms with Crippen molar-refractivity contribution in [3.63, 3.8) is 0 Å². The zero-order valence-corrected chi connectivity index (χ0v) is 10.6. The molecule has 0 spiro atoms. The van der Waals surface area contributed by atoms with Crippen LogP contribution < -0.4 is 5.73 Å². The zero-order chi connectivity index (χ0) is 13.1. The summed E-state index contributed by atoms with van der Waals surface area (Å²) in [7, 11) is 0. The highest BCUT2D eigenvalue weighted by Gasteiger charge is 2.12. The Hall–Kier alpha value is -1.75. The van der Waals surface area contributed by atoms with Gasteiger partial charge in [-0.05, 0) is 31.0 Å². The molecule has 0 aliphatic heterocycles. The fraction of sp³-hybridized carbons (Fsp3) is 0.385. The van der Waals surface area contributed by atoms with Crippen molar-refractivity contribution in [2.75, 3.05) is 0 Å². The minimum absolute atomic E-state index is 0.222. The lowest BCUT2D eigenvalue weighted by Gasteiger charge is -2.12. The summed E-state index contributed by atoms with van der Waals surface area (Å²) in [5, 5.41) is 4.09. The zero-order valence-electron chi connectivity index (χ0n) is 10.6. The summed E-state index contributed by atoms with van der Waals surface area (Å²) in [6.45, 7) is 4.48. The van der Waals surface area contributed by atoms with Gasteiger partial charge < -0.3 is 5.73 Å². The fourth-order valence-electron chi connectivity index (χ4n) is 1.86. The Bertz CT molecular complexity index is 536. The maximum absolute atomic E-state index is 13.5. The molecule has 96 valence electrons. The summed E-state index contributed by atoms with van der Waals surface area (Å²) in [5.41, 5.74) is 7.49. The van der Waals surface area contributed by atoms with Crippen LogP contribution in [0.25, 0.3) is 0 Å². The van der Waals surface area contributed by atoms with Crippen molar-refractivity contribution in [1.29, 1.82) is 0 Å².